The van der Waals surface area contributed by atoms with Gasteiger partial charge in [0.15, 0.2) is 0 Å². The lowest BCUT2D eigenvalue weighted by Crippen LogP contribution is -2.32. The van der Waals surface area contributed by atoms with Crippen molar-refractivity contribution in [3.8, 4) is 0 Å². The molecule has 3 rings (SSSR count). The topological polar surface area (TPSA) is 96.6 Å². The van der Waals surface area contributed by atoms with E-state index >= 15 is 0 Å². The van der Waals surface area contributed by atoms with Crippen molar-refractivity contribution in [1.82, 2.24) is 0 Å². The van der Waals surface area contributed by atoms with Crippen molar-refractivity contribution in [2.24, 2.45) is 5.41 Å². The van der Waals surface area contributed by atoms with Crippen molar-refractivity contribution in [2.45, 2.75) is 39.0 Å². The Balaban J connectivity index is 1.80. The fourth-order valence-corrected chi connectivity index (χ4v) is 3.43. The van der Waals surface area contributed by atoms with Gasteiger partial charge in [-0.25, -0.2) is 4.79 Å². The van der Waals surface area contributed by atoms with E-state index in [-0.39, 0.29) is 12.3 Å². The van der Waals surface area contributed by atoms with Gasteiger partial charge in [-0.05, 0) is 37.5 Å². The minimum absolute atomic E-state index is 0.0435. The predicted molar refractivity (Wildman–Crippen MR) is 89.0 cm³/mol. The van der Waals surface area contributed by atoms with E-state index in [9.17, 15) is 19.5 Å². The number of aliphatic carboxylic acids is 1. The molecule has 126 valence electrons. The molecule has 0 atom stereocenters. The Kier molecular flexibility index (Phi) is 4.13. The van der Waals surface area contributed by atoms with Crippen LogP contribution in [0.3, 0.4) is 0 Å². The molecule has 0 unspecified atom stereocenters. The molecule has 24 heavy (non-hydrogen) atoms. The Labute approximate surface area is 138 Å². The summed E-state index contributed by atoms with van der Waals surface area (Å²) in [4.78, 5) is 35.3. The highest BCUT2D eigenvalue weighted by Gasteiger charge is 2.42. The second-order valence-electron chi connectivity index (χ2n) is 6.48. The van der Waals surface area contributed by atoms with Crippen LogP contribution in [0.4, 0.5) is 5.69 Å². The zero-order chi connectivity index (χ0) is 17.3. The summed E-state index contributed by atoms with van der Waals surface area (Å²) in [5.74, 6) is -1.25. The van der Waals surface area contributed by atoms with Crippen LogP contribution in [-0.2, 0) is 9.59 Å². The molecule has 2 N–H and O–H groups in total. The normalized spacial score (nSPS) is 16.2. The third kappa shape index (κ3) is 3.04. The van der Waals surface area contributed by atoms with Crippen LogP contribution in [0.5, 0.6) is 0 Å². The standard InChI is InChI=1S/C18H19NO5/c1-11-8-16(21)24-14-9-12(4-5-13(11)14)19-15(20)10-18(17(22)23)6-2-3-7-18/h4-5,8-9H,2-3,6-7,10H2,1H3,(H,19,20)(H,22,23). The lowest BCUT2D eigenvalue weighted by atomic mass is 9.82. The van der Waals surface area contributed by atoms with Gasteiger partial charge in [0.05, 0.1) is 5.41 Å². The maximum atomic E-state index is 12.3. The van der Waals surface area contributed by atoms with E-state index in [1.54, 1.807) is 18.2 Å². The summed E-state index contributed by atoms with van der Waals surface area (Å²) >= 11 is 0. The number of fused-ring (bicyclic) bond motifs is 1. The van der Waals surface area contributed by atoms with Crippen molar-refractivity contribution < 1.29 is 19.1 Å². The minimum atomic E-state index is -0.954. The number of carbonyl (C=O) groups is 2. The number of amides is 1. The fraction of sp³-hybridized carbons (Fsp3) is 0.389. The molecular weight excluding hydrogens is 310 g/mol. The molecule has 0 spiro atoms. The van der Waals surface area contributed by atoms with Gasteiger partial charge in [0.25, 0.3) is 0 Å². The van der Waals surface area contributed by atoms with E-state index in [0.717, 1.165) is 23.8 Å². The molecule has 1 amide bonds. The lowest BCUT2D eigenvalue weighted by molar-refractivity contribution is -0.150. The zero-order valence-electron chi connectivity index (χ0n) is 13.4. The molecule has 1 aromatic heterocycles. The monoisotopic (exact) mass is 329 g/mol. The molecule has 0 radical (unpaired) electrons. The van der Waals surface area contributed by atoms with Crippen LogP contribution in [0.15, 0.2) is 33.5 Å². The zero-order valence-corrected chi connectivity index (χ0v) is 13.4. The molecule has 0 saturated heterocycles. The van der Waals surface area contributed by atoms with Crippen LogP contribution in [0, 0.1) is 12.3 Å². The first-order chi connectivity index (χ1) is 11.4. The maximum absolute atomic E-state index is 12.3. The molecule has 1 fully saturated rings. The van der Waals surface area contributed by atoms with Gasteiger partial charge in [-0.2, -0.15) is 0 Å². The van der Waals surface area contributed by atoms with Crippen LogP contribution < -0.4 is 10.9 Å². The van der Waals surface area contributed by atoms with Gasteiger partial charge in [-0.1, -0.05) is 12.8 Å². The molecule has 2 aromatic rings. The Hall–Kier alpha value is -2.63. The van der Waals surface area contributed by atoms with Crippen LogP contribution in [0.2, 0.25) is 0 Å². The van der Waals surface area contributed by atoms with Crippen LogP contribution in [0.1, 0.15) is 37.7 Å². The van der Waals surface area contributed by atoms with Crippen LogP contribution in [-0.4, -0.2) is 17.0 Å². The number of benzene rings is 1. The van der Waals surface area contributed by atoms with Crippen molar-refractivity contribution in [3.05, 3.63) is 40.2 Å². The Morgan fingerprint density at radius 3 is 2.62 bits per heavy atom. The fourth-order valence-electron chi connectivity index (χ4n) is 3.43. The summed E-state index contributed by atoms with van der Waals surface area (Å²) in [5.41, 5.74) is 0.282. The van der Waals surface area contributed by atoms with E-state index < -0.39 is 17.0 Å². The maximum Gasteiger partial charge on any atom is 0.336 e. The Bertz CT molecular complexity index is 861. The second-order valence-corrected chi connectivity index (χ2v) is 6.48. The van der Waals surface area contributed by atoms with E-state index in [2.05, 4.69) is 5.32 Å². The minimum Gasteiger partial charge on any atom is -0.481 e. The first-order valence-corrected chi connectivity index (χ1v) is 7.97. The largest absolute Gasteiger partial charge is 0.481 e. The highest BCUT2D eigenvalue weighted by atomic mass is 16.4. The number of aryl methyl sites for hydroxylation is 1. The number of anilines is 1. The number of carboxylic acid groups (broad SMARTS) is 1. The van der Waals surface area contributed by atoms with Crippen molar-refractivity contribution in [2.75, 3.05) is 5.32 Å². The molecular formula is C18H19NO5. The highest BCUT2D eigenvalue weighted by molar-refractivity contribution is 5.96. The summed E-state index contributed by atoms with van der Waals surface area (Å²) in [7, 11) is 0. The summed E-state index contributed by atoms with van der Waals surface area (Å²) in [6.45, 7) is 1.81. The highest BCUT2D eigenvalue weighted by Crippen LogP contribution is 2.41. The molecule has 1 saturated carbocycles. The van der Waals surface area contributed by atoms with Crippen LogP contribution in [0.25, 0.3) is 11.0 Å². The number of nitrogens with one attached hydrogen (secondary N) is 1. The third-order valence-electron chi connectivity index (χ3n) is 4.75. The van der Waals surface area contributed by atoms with Gasteiger partial charge in [-0.15, -0.1) is 0 Å². The molecule has 1 aliphatic carbocycles. The summed E-state index contributed by atoms with van der Waals surface area (Å²) in [5, 5.41) is 13.0. The van der Waals surface area contributed by atoms with Gasteiger partial charge < -0.3 is 14.8 Å². The van der Waals surface area contributed by atoms with Gasteiger partial charge in [0, 0.05) is 29.6 Å². The molecule has 1 aliphatic rings. The summed E-state index contributed by atoms with van der Waals surface area (Å²) < 4.78 is 5.16. The third-order valence-corrected chi connectivity index (χ3v) is 4.75. The van der Waals surface area contributed by atoms with Crippen molar-refractivity contribution in [3.63, 3.8) is 0 Å². The van der Waals surface area contributed by atoms with Gasteiger partial charge in [0.2, 0.25) is 5.91 Å². The molecule has 0 aliphatic heterocycles. The molecule has 6 nitrogen and oxygen atoms in total. The predicted octanol–water partition coefficient (Wildman–Crippen LogP) is 3.08. The Morgan fingerprint density at radius 2 is 1.96 bits per heavy atom. The van der Waals surface area contributed by atoms with Crippen molar-refractivity contribution in [1.29, 1.82) is 0 Å². The quantitative estimate of drug-likeness (QED) is 0.840. The second kappa shape index (κ2) is 6.11. The van der Waals surface area contributed by atoms with E-state index in [1.165, 1.54) is 6.07 Å². The average molecular weight is 329 g/mol. The lowest BCUT2D eigenvalue weighted by Gasteiger charge is -2.22. The van der Waals surface area contributed by atoms with Gasteiger partial charge >= 0.3 is 11.6 Å². The van der Waals surface area contributed by atoms with E-state index in [1.807, 2.05) is 6.92 Å². The Morgan fingerprint density at radius 1 is 1.25 bits per heavy atom. The molecule has 6 heteroatoms. The van der Waals surface area contributed by atoms with Crippen LogP contribution >= 0.6 is 0 Å². The molecule has 1 aromatic carbocycles. The first kappa shape index (κ1) is 16.2. The number of hydrogen-bond acceptors (Lipinski definition) is 4. The SMILES string of the molecule is Cc1cc(=O)oc2cc(NC(=O)CC3(C(=O)O)CCCC3)ccc12. The van der Waals surface area contributed by atoms with E-state index in [0.29, 0.717) is 24.1 Å². The number of hydrogen-bond donors (Lipinski definition) is 2. The average Bonchev–Trinajstić information content (AvgIpc) is 2.96. The number of rotatable bonds is 4. The number of carbonyl (C=O) groups excluding carboxylic acids is 1. The van der Waals surface area contributed by atoms with Crippen molar-refractivity contribution >= 4 is 28.5 Å². The van der Waals surface area contributed by atoms with E-state index in [4.69, 9.17) is 4.42 Å². The number of carboxylic acids is 1. The van der Waals surface area contributed by atoms with Gasteiger partial charge in [-0.3, -0.25) is 9.59 Å². The smallest absolute Gasteiger partial charge is 0.336 e. The molecule has 0 bridgehead atoms. The summed E-state index contributed by atoms with van der Waals surface area (Å²) in [6, 6.07) is 6.49. The molecule has 1 heterocycles. The first-order valence-electron chi connectivity index (χ1n) is 7.97. The van der Waals surface area contributed by atoms with Gasteiger partial charge in [0.1, 0.15) is 5.58 Å². The summed E-state index contributed by atoms with van der Waals surface area (Å²) in [6.07, 6.45) is 2.68.